The molecule has 0 bridgehead atoms. The lowest BCUT2D eigenvalue weighted by Gasteiger charge is -2.53. The van der Waals surface area contributed by atoms with Gasteiger partial charge in [0.05, 0.1) is 27.4 Å². The summed E-state index contributed by atoms with van der Waals surface area (Å²) in [4.78, 5) is 32.1. The van der Waals surface area contributed by atoms with Crippen LogP contribution >= 0.6 is 11.3 Å². The van der Waals surface area contributed by atoms with Crippen molar-refractivity contribution in [2.24, 2.45) is 5.41 Å². The van der Waals surface area contributed by atoms with Gasteiger partial charge in [0.25, 0.3) is 5.91 Å². The topological polar surface area (TPSA) is 74.8 Å². The van der Waals surface area contributed by atoms with Gasteiger partial charge in [-0.25, -0.2) is 9.78 Å². The number of thiophene rings is 1. The fourth-order valence-electron chi connectivity index (χ4n) is 4.36. The maximum atomic E-state index is 13.8. The Kier molecular flexibility index (Phi) is 5.72. The van der Waals surface area contributed by atoms with E-state index >= 15 is 0 Å². The van der Waals surface area contributed by atoms with E-state index in [1.165, 1.54) is 12.4 Å². The Labute approximate surface area is 187 Å². The van der Waals surface area contributed by atoms with Crippen molar-refractivity contribution in [3.05, 3.63) is 22.6 Å². The van der Waals surface area contributed by atoms with Gasteiger partial charge in [0.15, 0.2) is 0 Å². The molecule has 0 aromatic carbocycles. The van der Waals surface area contributed by atoms with Gasteiger partial charge in [-0.2, -0.15) is 13.2 Å². The second-order valence-electron chi connectivity index (χ2n) is 8.71. The smallest absolute Gasteiger partial charge is 0.417 e. The van der Waals surface area contributed by atoms with Crippen LogP contribution in [0, 0.1) is 5.41 Å². The standard InChI is InChI=1S/C21H25F3N4O3S/c1-12(2)31-19(30)28-10-20(11-28)4-6-27(7-5-20)15-8-14(21(22,23)24)17-16(26-15)13(9-32-17)18(29)25-3/h8-9,12H,4-7,10-11H2,1-3H3,(H,25,29). The third kappa shape index (κ3) is 4.10. The summed E-state index contributed by atoms with van der Waals surface area (Å²) in [5.74, 6) is -0.243. The van der Waals surface area contributed by atoms with Gasteiger partial charge in [-0.15, -0.1) is 11.3 Å². The molecule has 174 valence electrons. The molecule has 4 heterocycles. The Morgan fingerprint density at radius 3 is 2.47 bits per heavy atom. The van der Waals surface area contributed by atoms with E-state index in [4.69, 9.17) is 4.74 Å². The molecule has 1 spiro atoms. The second kappa shape index (κ2) is 8.09. The number of carbonyl (C=O) groups is 2. The predicted octanol–water partition coefficient (Wildman–Crippen LogP) is 4.12. The summed E-state index contributed by atoms with van der Waals surface area (Å²) in [5, 5.41) is 3.87. The average Bonchev–Trinajstić information content (AvgIpc) is 3.13. The number of ether oxygens (including phenoxy) is 1. The van der Waals surface area contributed by atoms with Crippen LogP contribution in [0.4, 0.5) is 23.8 Å². The van der Waals surface area contributed by atoms with Crippen LogP contribution in [0.25, 0.3) is 10.2 Å². The molecule has 2 aliphatic rings. The minimum Gasteiger partial charge on any atom is -0.447 e. The van der Waals surface area contributed by atoms with E-state index in [1.807, 2.05) is 4.90 Å². The molecule has 2 saturated heterocycles. The molecule has 2 aromatic rings. The number of alkyl halides is 3. The van der Waals surface area contributed by atoms with Gasteiger partial charge in [-0.05, 0) is 32.8 Å². The first-order valence-corrected chi connectivity index (χ1v) is 11.3. The third-order valence-corrected chi connectivity index (χ3v) is 7.08. The number of nitrogens with one attached hydrogen (secondary N) is 1. The molecule has 2 amide bonds. The van der Waals surface area contributed by atoms with E-state index in [1.54, 1.807) is 18.7 Å². The van der Waals surface area contributed by atoms with Gasteiger partial charge >= 0.3 is 12.3 Å². The highest BCUT2D eigenvalue weighted by molar-refractivity contribution is 7.17. The van der Waals surface area contributed by atoms with E-state index in [0.717, 1.165) is 30.2 Å². The summed E-state index contributed by atoms with van der Waals surface area (Å²) in [6, 6.07) is 1.08. The normalized spacial score (nSPS) is 18.2. The molecular formula is C21H25F3N4O3S. The number of hydrogen-bond acceptors (Lipinski definition) is 6. The monoisotopic (exact) mass is 470 g/mol. The first kappa shape index (κ1) is 22.6. The maximum absolute atomic E-state index is 13.8. The van der Waals surface area contributed by atoms with Gasteiger partial charge < -0.3 is 19.9 Å². The van der Waals surface area contributed by atoms with Crippen molar-refractivity contribution in [2.75, 3.05) is 38.1 Å². The van der Waals surface area contributed by atoms with Crippen LogP contribution in [0.15, 0.2) is 11.4 Å². The Hall–Kier alpha value is -2.56. The second-order valence-corrected chi connectivity index (χ2v) is 9.59. The summed E-state index contributed by atoms with van der Waals surface area (Å²) in [7, 11) is 1.43. The van der Waals surface area contributed by atoms with Crippen LogP contribution < -0.4 is 10.2 Å². The summed E-state index contributed by atoms with van der Waals surface area (Å²) >= 11 is 0.875. The summed E-state index contributed by atoms with van der Waals surface area (Å²) < 4.78 is 46.5. The molecule has 4 rings (SSSR count). The number of pyridine rings is 1. The fourth-order valence-corrected chi connectivity index (χ4v) is 5.38. The third-order valence-electron chi connectivity index (χ3n) is 6.08. The highest BCUT2D eigenvalue weighted by Crippen LogP contribution is 2.44. The zero-order valence-corrected chi connectivity index (χ0v) is 18.9. The van der Waals surface area contributed by atoms with Crippen LogP contribution in [0.1, 0.15) is 42.6 Å². The number of halogens is 3. The van der Waals surface area contributed by atoms with Crippen LogP contribution in [0.5, 0.6) is 0 Å². The number of fused-ring (bicyclic) bond motifs is 1. The van der Waals surface area contributed by atoms with E-state index in [2.05, 4.69) is 10.3 Å². The lowest BCUT2D eigenvalue weighted by atomic mass is 9.72. The summed E-state index contributed by atoms with van der Waals surface area (Å²) in [6.45, 7) is 5.85. The molecule has 0 saturated carbocycles. The maximum Gasteiger partial charge on any atom is 0.417 e. The van der Waals surface area contributed by atoms with Crippen molar-refractivity contribution in [2.45, 2.75) is 39.0 Å². The van der Waals surface area contributed by atoms with Gasteiger partial charge in [-0.3, -0.25) is 4.79 Å². The molecule has 0 radical (unpaired) electrons. The van der Waals surface area contributed by atoms with Gasteiger partial charge in [0.2, 0.25) is 0 Å². The SMILES string of the molecule is CNC(=O)c1csc2c(C(F)(F)F)cc(N3CCC4(CC3)CN(C(=O)OC(C)C)C4)nc12. The summed E-state index contributed by atoms with van der Waals surface area (Å²) in [5.41, 5.74) is -0.583. The molecule has 1 N–H and O–H groups in total. The molecule has 2 fully saturated rings. The summed E-state index contributed by atoms with van der Waals surface area (Å²) in [6.07, 6.45) is -3.57. The Bertz CT molecular complexity index is 1040. The first-order valence-electron chi connectivity index (χ1n) is 10.4. The zero-order valence-electron chi connectivity index (χ0n) is 18.1. The first-order chi connectivity index (χ1) is 15.0. The Morgan fingerprint density at radius 1 is 1.25 bits per heavy atom. The predicted molar refractivity (Wildman–Crippen MR) is 115 cm³/mol. The molecule has 2 aromatic heterocycles. The molecule has 2 aliphatic heterocycles. The van der Waals surface area contributed by atoms with Crippen molar-refractivity contribution < 1.29 is 27.5 Å². The van der Waals surface area contributed by atoms with Crippen LogP contribution in [0.2, 0.25) is 0 Å². The van der Waals surface area contributed by atoms with Crippen molar-refractivity contribution in [1.82, 2.24) is 15.2 Å². The van der Waals surface area contributed by atoms with E-state index < -0.39 is 17.6 Å². The number of likely N-dealkylation sites (tertiary alicyclic amines) is 1. The molecule has 11 heteroatoms. The van der Waals surface area contributed by atoms with Gasteiger partial charge in [0.1, 0.15) is 5.82 Å². The van der Waals surface area contributed by atoms with E-state index in [-0.39, 0.29) is 39.2 Å². The molecule has 32 heavy (non-hydrogen) atoms. The largest absolute Gasteiger partial charge is 0.447 e. The molecule has 7 nitrogen and oxygen atoms in total. The molecule has 0 atom stereocenters. The lowest BCUT2D eigenvalue weighted by molar-refractivity contribution is -0.136. The van der Waals surface area contributed by atoms with E-state index in [9.17, 15) is 22.8 Å². The average molecular weight is 471 g/mol. The molecule has 0 unspecified atom stereocenters. The highest BCUT2D eigenvalue weighted by atomic mass is 32.1. The number of amides is 2. The number of rotatable bonds is 3. The number of nitrogens with zero attached hydrogens (tertiary/aromatic N) is 3. The highest BCUT2D eigenvalue weighted by Gasteiger charge is 2.47. The van der Waals surface area contributed by atoms with Crippen LogP contribution in [-0.4, -0.2) is 61.2 Å². The number of anilines is 1. The quantitative estimate of drug-likeness (QED) is 0.731. The van der Waals surface area contributed by atoms with E-state index in [0.29, 0.717) is 26.2 Å². The van der Waals surface area contributed by atoms with Gasteiger partial charge in [-0.1, -0.05) is 0 Å². The number of piperidine rings is 1. The molecule has 0 aliphatic carbocycles. The van der Waals surface area contributed by atoms with Crippen LogP contribution in [0.3, 0.4) is 0 Å². The lowest BCUT2D eigenvalue weighted by Crippen LogP contribution is -2.62. The minimum atomic E-state index is -4.55. The van der Waals surface area contributed by atoms with Gasteiger partial charge in [0, 0.05) is 44.0 Å². The van der Waals surface area contributed by atoms with Crippen LogP contribution in [-0.2, 0) is 10.9 Å². The minimum absolute atomic E-state index is 0.0287. The van der Waals surface area contributed by atoms with Crippen molar-refractivity contribution in [3.8, 4) is 0 Å². The molecular weight excluding hydrogens is 445 g/mol. The van der Waals surface area contributed by atoms with Crippen molar-refractivity contribution >= 4 is 39.4 Å². The fraction of sp³-hybridized carbons (Fsp3) is 0.571. The Morgan fingerprint density at radius 2 is 1.91 bits per heavy atom. The van der Waals surface area contributed by atoms with Crippen molar-refractivity contribution in [1.29, 1.82) is 0 Å². The number of hydrogen-bond donors (Lipinski definition) is 1. The van der Waals surface area contributed by atoms with Crippen molar-refractivity contribution in [3.63, 3.8) is 0 Å². The zero-order chi connectivity index (χ0) is 23.3. The number of aromatic nitrogens is 1. The number of carbonyl (C=O) groups excluding carboxylic acids is 2. The Balaban J connectivity index is 1.54.